The maximum absolute atomic E-state index is 12.4. The van der Waals surface area contributed by atoms with E-state index in [-0.39, 0.29) is 3.70 Å². The van der Waals surface area contributed by atoms with Crippen molar-refractivity contribution in [2.45, 2.75) is 12.8 Å². The molecule has 0 radical (unpaired) electrons. The maximum atomic E-state index is 12.4. The molecular weight excluding hydrogens is 371 g/mol. The van der Waals surface area contributed by atoms with Crippen LogP contribution in [0.3, 0.4) is 0 Å². The highest BCUT2D eigenvalue weighted by Crippen LogP contribution is 2.38. The normalized spacial score (nSPS) is 12.0. The lowest BCUT2D eigenvalue weighted by atomic mass is 10.2. The van der Waals surface area contributed by atoms with Gasteiger partial charge in [-0.3, -0.25) is 0 Å². The molecule has 0 atom stereocenters. The Morgan fingerprint density at radius 3 is 2.38 bits per heavy atom. The van der Waals surface area contributed by atoms with Crippen LogP contribution in [0.15, 0.2) is 6.07 Å². The monoisotopic (exact) mass is 373 g/mol. The third-order valence-electron chi connectivity index (χ3n) is 1.38. The minimum Gasteiger partial charge on any atom is -0.402 e. The highest BCUT2D eigenvalue weighted by molar-refractivity contribution is 14.1. The van der Waals surface area contributed by atoms with E-state index in [1.807, 2.05) is 0 Å². The van der Waals surface area contributed by atoms with Crippen molar-refractivity contribution in [2.24, 2.45) is 0 Å². The summed E-state index contributed by atoms with van der Waals surface area (Å²) in [7, 11) is 0. The van der Waals surface area contributed by atoms with Crippen LogP contribution < -0.4 is 4.74 Å². The summed E-state index contributed by atoms with van der Waals surface area (Å²) in [6.07, 6.45) is -8.23. The summed E-state index contributed by atoms with van der Waals surface area (Å²) in [6, 6.07) is 0.776. The van der Waals surface area contributed by atoms with Gasteiger partial charge in [-0.25, -0.2) is 13.8 Å². The number of hydrogen-bond acceptors (Lipinski definition) is 2. The van der Waals surface area contributed by atoms with Crippen LogP contribution in [0.25, 0.3) is 0 Å². The molecule has 0 spiro atoms. The zero-order valence-corrected chi connectivity index (χ0v) is 10.1. The van der Waals surface area contributed by atoms with Crippen molar-refractivity contribution < 1.29 is 26.7 Å². The fraction of sp³-hybridized carbons (Fsp3) is 0.286. The average molecular weight is 373 g/mol. The quantitative estimate of drug-likeness (QED) is 0.441. The third kappa shape index (κ3) is 3.58. The van der Waals surface area contributed by atoms with Gasteiger partial charge in [0.15, 0.2) is 10.9 Å². The van der Waals surface area contributed by atoms with E-state index in [2.05, 4.69) is 9.72 Å². The highest BCUT2D eigenvalue weighted by Gasteiger charge is 2.35. The smallest absolute Gasteiger partial charge is 0.402 e. The van der Waals surface area contributed by atoms with Gasteiger partial charge in [-0.1, -0.05) is 11.6 Å². The van der Waals surface area contributed by atoms with Crippen molar-refractivity contribution in [3.8, 4) is 5.75 Å². The first-order valence-corrected chi connectivity index (χ1v) is 5.06. The number of nitrogens with zero attached hydrogens (tertiary/aromatic N) is 1. The van der Waals surface area contributed by atoms with Crippen molar-refractivity contribution in [3.05, 3.63) is 20.5 Å². The fourth-order valence-electron chi connectivity index (χ4n) is 0.869. The Bertz CT molecular complexity index is 397. The summed E-state index contributed by atoms with van der Waals surface area (Å²) in [5, 5.41) is -0.750. The summed E-state index contributed by atoms with van der Waals surface area (Å²) in [4.78, 5) is 3.39. The van der Waals surface area contributed by atoms with Crippen LogP contribution in [0, 0.1) is 3.70 Å². The molecule has 9 heteroatoms. The Morgan fingerprint density at radius 1 is 1.38 bits per heavy atom. The first kappa shape index (κ1) is 13.7. The van der Waals surface area contributed by atoms with Crippen molar-refractivity contribution in [1.29, 1.82) is 0 Å². The highest BCUT2D eigenvalue weighted by atomic mass is 127. The number of alkyl halides is 5. The standard InChI is InChI=1S/C7H2ClF5INO/c8-5-4(16-7(11,12)13)2(6(9)10)1-3(14)15-5/h1,6H. The predicted octanol–water partition coefficient (Wildman–Crippen LogP) is 4.18. The molecule has 0 fully saturated rings. The van der Waals surface area contributed by atoms with E-state index >= 15 is 0 Å². The van der Waals surface area contributed by atoms with Gasteiger partial charge in [0.1, 0.15) is 3.70 Å². The first-order chi connectivity index (χ1) is 7.20. The first-order valence-electron chi connectivity index (χ1n) is 3.60. The fourth-order valence-corrected chi connectivity index (χ4v) is 1.83. The molecule has 0 aliphatic heterocycles. The van der Waals surface area contributed by atoms with Gasteiger partial charge >= 0.3 is 6.36 Å². The number of halogens is 7. The summed E-state index contributed by atoms with van der Waals surface area (Å²) >= 11 is 6.86. The van der Waals surface area contributed by atoms with Crippen LogP contribution in [0.4, 0.5) is 22.0 Å². The molecular formula is C7H2ClF5INO. The SMILES string of the molecule is FC(F)c1cc(I)nc(Cl)c1OC(F)(F)F. The predicted molar refractivity (Wildman–Crippen MR) is 53.6 cm³/mol. The molecule has 0 bridgehead atoms. The second kappa shape index (κ2) is 4.86. The van der Waals surface area contributed by atoms with Gasteiger partial charge in [0, 0.05) is 0 Å². The molecule has 1 heterocycles. The molecule has 0 unspecified atom stereocenters. The van der Waals surface area contributed by atoms with E-state index in [0.717, 1.165) is 6.07 Å². The van der Waals surface area contributed by atoms with Crippen molar-refractivity contribution in [2.75, 3.05) is 0 Å². The third-order valence-corrected chi connectivity index (χ3v) is 2.19. The van der Waals surface area contributed by atoms with Crippen molar-refractivity contribution >= 4 is 34.2 Å². The van der Waals surface area contributed by atoms with Crippen LogP contribution in [-0.4, -0.2) is 11.3 Å². The summed E-state index contributed by atoms with van der Waals surface area (Å²) < 4.78 is 64.0. The summed E-state index contributed by atoms with van der Waals surface area (Å²) in [5.41, 5.74) is -0.943. The minimum absolute atomic E-state index is 0.0485. The van der Waals surface area contributed by atoms with E-state index in [1.165, 1.54) is 0 Å². The molecule has 1 aromatic rings. The molecule has 0 saturated carbocycles. The molecule has 0 aliphatic rings. The number of rotatable bonds is 2. The van der Waals surface area contributed by atoms with Gasteiger partial charge in [-0.15, -0.1) is 13.2 Å². The lowest BCUT2D eigenvalue weighted by Crippen LogP contribution is -2.19. The molecule has 0 saturated heterocycles. The van der Waals surface area contributed by atoms with Crippen molar-refractivity contribution in [1.82, 2.24) is 4.98 Å². The Kier molecular flexibility index (Phi) is 4.16. The molecule has 16 heavy (non-hydrogen) atoms. The second-order valence-electron chi connectivity index (χ2n) is 2.50. The number of ether oxygens (including phenoxy) is 1. The van der Waals surface area contributed by atoms with E-state index in [1.54, 1.807) is 22.6 Å². The van der Waals surface area contributed by atoms with E-state index in [9.17, 15) is 22.0 Å². The molecule has 1 rings (SSSR count). The van der Waals surface area contributed by atoms with Gasteiger partial charge in [0.05, 0.1) is 5.56 Å². The number of hydrogen-bond donors (Lipinski definition) is 0. The molecule has 0 aliphatic carbocycles. The average Bonchev–Trinajstić information content (AvgIpc) is 2.07. The van der Waals surface area contributed by atoms with Gasteiger partial charge in [0.25, 0.3) is 6.43 Å². The van der Waals surface area contributed by atoms with Gasteiger partial charge < -0.3 is 4.74 Å². The molecule has 0 N–H and O–H groups in total. The van der Waals surface area contributed by atoms with E-state index < -0.39 is 29.3 Å². The van der Waals surface area contributed by atoms with Crippen LogP contribution >= 0.6 is 34.2 Å². The van der Waals surface area contributed by atoms with Crippen molar-refractivity contribution in [3.63, 3.8) is 0 Å². The molecule has 90 valence electrons. The Balaban J connectivity index is 3.25. The summed E-state index contributed by atoms with van der Waals surface area (Å²) in [6.45, 7) is 0. The van der Waals surface area contributed by atoms with Gasteiger partial charge in [-0.05, 0) is 28.7 Å². The van der Waals surface area contributed by atoms with Crippen LogP contribution in [0.2, 0.25) is 5.15 Å². The largest absolute Gasteiger partial charge is 0.573 e. The van der Waals surface area contributed by atoms with Crippen LogP contribution in [0.1, 0.15) is 12.0 Å². The molecule has 2 nitrogen and oxygen atoms in total. The topological polar surface area (TPSA) is 22.1 Å². The lowest BCUT2D eigenvalue weighted by molar-refractivity contribution is -0.275. The second-order valence-corrected chi connectivity index (χ2v) is 3.97. The molecule has 1 aromatic heterocycles. The van der Waals surface area contributed by atoms with Crippen LogP contribution in [0.5, 0.6) is 5.75 Å². The minimum atomic E-state index is -5.10. The molecule has 0 aromatic carbocycles. The van der Waals surface area contributed by atoms with Gasteiger partial charge in [-0.2, -0.15) is 0 Å². The zero-order valence-electron chi connectivity index (χ0n) is 7.16. The molecule has 0 amide bonds. The van der Waals surface area contributed by atoms with Gasteiger partial charge in [0.2, 0.25) is 0 Å². The van der Waals surface area contributed by atoms with E-state index in [0.29, 0.717) is 0 Å². The maximum Gasteiger partial charge on any atom is 0.573 e. The Hall–Kier alpha value is -0.380. The zero-order chi connectivity index (χ0) is 12.5. The van der Waals surface area contributed by atoms with E-state index in [4.69, 9.17) is 11.6 Å². The number of pyridine rings is 1. The lowest BCUT2D eigenvalue weighted by Gasteiger charge is -2.13. The number of aromatic nitrogens is 1. The summed E-state index contributed by atoms with van der Waals surface area (Å²) in [5.74, 6) is -1.16. The Morgan fingerprint density at radius 2 is 1.94 bits per heavy atom. The van der Waals surface area contributed by atoms with Crippen LogP contribution in [-0.2, 0) is 0 Å². The Labute approximate surface area is 105 Å².